The fourth-order valence-corrected chi connectivity index (χ4v) is 2.75. The number of amides is 1. The molecule has 0 fully saturated rings. The molecule has 5 heteroatoms. The quantitative estimate of drug-likeness (QED) is 0.840. The second-order valence-corrected chi connectivity index (χ2v) is 6.38. The zero-order valence-electron chi connectivity index (χ0n) is 11.3. The number of hydrogen-bond acceptors (Lipinski definition) is 3. The maximum absolute atomic E-state index is 11.9. The highest BCUT2D eigenvalue weighted by Gasteiger charge is 2.06. The molecular weight excluding hydrogens is 336 g/mol. The molecule has 20 heavy (non-hydrogen) atoms. The average molecular weight is 351 g/mol. The van der Waals surface area contributed by atoms with Crippen LogP contribution in [0.1, 0.15) is 11.1 Å². The third kappa shape index (κ3) is 4.35. The van der Waals surface area contributed by atoms with Crippen molar-refractivity contribution in [3.8, 4) is 0 Å². The molecule has 0 atom stereocenters. The summed E-state index contributed by atoms with van der Waals surface area (Å²) in [6.07, 6.45) is 1.80. The summed E-state index contributed by atoms with van der Waals surface area (Å²) in [6.45, 7) is 3.96. The number of halogens is 1. The van der Waals surface area contributed by atoms with Gasteiger partial charge >= 0.3 is 0 Å². The van der Waals surface area contributed by atoms with Gasteiger partial charge in [0.25, 0.3) is 0 Å². The molecule has 2 rings (SSSR count). The standard InChI is InChI=1S/C15H15BrN2OS/c1-10-3-6-15(17-8-10)20-9-14(19)18-13-5-4-12(16)7-11(13)2/h3-8H,9H2,1-2H3,(H,18,19). The topological polar surface area (TPSA) is 42.0 Å². The number of hydrogen-bond donors (Lipinski definition) is 1. The van der Waals surface area contributed by atoms with E-state index in [-0.39, 0.29) is 5.91 Å². The molecule has 1 N–H and O–H groups in total. The summed E-state index contributed by atoms with van der Waals surface area (Å²) in [7, 11) is 0. The van der Waals surface area contributed by atoms with Gasteiger partial charge < -0.3 is 5.32 Å². The minimum atomic E-state index is -0.0252. The molecule has 1 amide bonds. The summed E-state index contributed by atoms with van der Waals surface area (Å²) in [6, 6.07) is 9.71. The van der Waals surface area contributed by atoms with E-state index in [1.165, 1.54) is 11.8 Å². The van der Waals surface area contributed by atoms with E-state index in [4.69, 9.17) is 0 Å². The summed E-state index contributed by atoms with van der Waals surface area (Å²) in [4.78, 5) is 16.2. The Kier molecular flexibility index (Phi) is 5.20. The predicted octanol–water partition coefficient (Wildman–Crippen LogP) is 4.19. The van der Waals surface area contributed by atoms with Crippen LogP contribution in [0.4, 0.5) is 5.69 Å². The number of aromatic nitrogens is 1. The van der Waals surface area contributed by atoms with Crippen LogP contribution in [0.5, 0.6) is 0 Å². The highest BCUT2D eigenvalue weighted by atomic mass is 79.9. The lowest BCUT2D eigenvalue weighted by Gasteiger charge is -2.08. The zero-order chi connectivity index (χ0) is 14.5. The third-order valence-corrected chi connectivity index (χ3v) is 4.13. The average Bonchev–Trinajstić information content (AvgIpc) is 2.41. The van der Waals surface area contributed by atoms with Crippen molar-refractivity contribution in [1.82, 2.24) is 4.98 Å². The van der Waals surface area contributed by atoms with Crippen molar-refractivity contribution in [2.75, 3.05) is 11.1 Å². The molecule has 0 aliphatic rings. The van der Waals surface area contributed by atoms with Crippen molar-refractivity contribution >= 4 is 39.3 Å². The number of anilines is 1. The van der Waals surface area contributed by atoms with E-state index in [9.17, 15) is 4.79 Å². The molecule has 0 bridgehead atoms. The lowest BCUT2D eigenvalue weighted by atomic mass is 10.2. The highest BCUT2D eigenvalue weighted by Crippen LogP contribution is 2.21. The second-order valence-electron chi connectivity index (χ2n) is 4.47. The number of carbonyl (C=O) groups excluding carboxylic acids is 1. The van der Waals surface area contributed by atoms with Gasteiger partial charge in [-0.05, 0) is 49.2 Å². The van der Waals surface area contributed by atoms with Gasteiger partial charge in [-0.3, -0.25) is 4.79 Å². The first-order chi connectivity index (χ1) is 9.54. The van der Waals surface area contributed by atoms with Gasteiger partial charge in [0, 0.05) is 16.4 Å². The van der Waals surface area contributed by atoms with Crippen molar-refractivity contribution in [1.29, 1.82) is 0 Å². The van der Waals surface area contributed by atoms with Crippen molar-refractivity contribution in [3.63, 3.8) is 0 Å². The van der Waals surface area contributed by atoms with Crippen LogP contribution in [-0.2, 0) is 4.79 Å². The Balaban J connectivity index is 1.90. The Labute approximate surface area is 131 Å². The van der Waals surface area contributed by atoms with E-state index in [0.717, 1.165) is 26.3 Å². The van der Waals surface area contributed by atoms with Crippen LogP contribution in [-0.4, -0.2) is 16.6 Å². The minimum absolute atomic E-state index is 0.0252. The van der Waals surface area contributed by atoms with Crippen LogP contribution in [0.25, 0.3) is 0 Å². The maximum Gasteiger partial charge on any atom is 0.234 e. The number of thioether (sulfide) groups is 1. The second kappa shape index (κ2) is 6.90. The summed E-state index contributed by atoms with van der Waals surface area (Å²) in [5.74, 6) is 0.328. The molecule has 0 aliphatic heterocycles. The Morgan fingerprint density at radius 1 is 1.30 bits per heavy atom. The molecule has 0 radical (unpaired) electrons. The van der Waals surface area contributed by atoms with Crippen LogP contribution in [0.2, 0.25) is 0 Å². The fraction of sp³-hybridized carbons (Fsp3) is 0.200. The summed E-state index contributed by atoms with van der Waals surface area (Å²) in [5, 5.41) is 3.77. The largest absolute Gasteiger partial charge is 0.325 e. The summed E-state index contributed by atoms with van der Waals surface area (Å²) in [5.41, 5.74) is 2.99. The van der Waals surface area contributed by atoms with Crippen LogP contribution in [0.15, 0.2) is 46.0 Å². The highest BCUT2D eigenvalue weighted by molar-refractivity contribution is 9.10. The van der Waals surface area contributed by atoms with Crippen LogP contribution < -0.4 is 5.32 Å². The number of nitrogens with zero attached hydrogens (tertiary/aromatic N) is 1. The van der Waals surface area contributed by atoms with Gasteiger partial charge in [0.2, 0.25) is 5.91 Å². The predicted molar refractivity (Wildman–Crippen MR) is 87.2 cm³/mol. The fourth-order valence-electron chi connectivity index (χ4n) is 1.63. The van der Waals surface area contributed by atoms with Crippen LogP contribution in [0.3, 0.4) is 0 Å². The van der Waals surface area contributed by atoms with E-state index >= 15 is 0 Å². The number of benzene rings is 1. The van der Waals surface area contributed by atoms with E-state index < -0.39 is 0 Å². The maximum atomic E-state index is 11.9. The van der Waals surface area contributed by atoms with Gasteiger partial charge in [-0.1, -0.05) is 33.8 Å². The normalized spacial score (nSPS) is 10.3. The van der Waals surface area contributed by atoms with Gasteiger partial charge in [0.05, 0.1) is 10.8 Å². The zero-order valence-corrected chi connectivity index (χ0v) is 13.7. The van der Waals surface area contributed by atoms with Gasteiger partial charge in [-0.25, -0.2) is 4.98 Å². The van der Waals surface area contributed by atoms with Gasteiger partial charge in [0.1, 0.15) is 0 Å². The molecule has 1 heterocycles. The number of rotatable bonds is 4. The Hall–Kier alpha value is -1.33. The summed E-state index contributed by atoms with van der Waals surface area (Å²) >= 11 is 4.84. The number of nitrogens with one attached hydrogen (secondary N) is 1. The lowest BCUT2D eigenvalue weighted by Crippen LogP contribution is -2.14. The van der Waals surface area contributed by atoms with Gasteiger partial charge in [0.15, 0.2) is 0 Å². The van der Waals surface area contributed by atoms with E-state index in [2.05, 4.69) is 26.2 Å². The molecule has 104 valence electrons. The van der Waals surface area contributed by atoms with E-state index in [0.29, 0.717) is 5.75 Å². The molecule has 0 aliphatic carbocycles. The van der Waals surface area contributed by atoms with Crippen molar-refractivity contribution in [2.45, 2.75) is 18.9 Å². The third-order valence-electron chi connectivity index (χ3n) is 2.70. The molecule has 0 saturated carbocycles. The van der Waals surface area contributed by atoms with Crippen molar-refractivity contribution in [2.24, 2.45) is 0 Å². The Morgan fingerprint density at radius 2 is 2.10 bits per heavy atom. The molecule has 0 unspecified atom stereocenters. The molecule has 0 spiro atoms. The minimum Gasteiger partial charge on any atom is -0.325 e. The lowest BCUT2D eigenvalue weighted by molar-refractivity contribution is -0.113. The number of pyridine rings is 1. The van der Waals surface area contributed by atoms with Crippen LogP contribution >= 0.6 is 27.7 Å². The number of carbonyl (C=O) groups is 1. The molecule has 1 aromatic carbocycles. The Morgan fingerprint density at radius 3 is 2.75 bits per heavy atom. The van der Waals surface area contributed by atoms with Crippen molar-refractivity contribution in [3.05, 3.63) is 52.1 Å². The van der Waals surface area contributed by atoms with E-state index in [1.807, 2.05) is 44.2 Å². The molecular formula is C15H15BrN2OS. The Bertz CT molecular complexity index is 614. The summed E-state index contributed by atoms with van der Waals surface area (Å²) < 4.78 is 1.01. The molecule has 1 aromatic heterocycles. The van der Waals surface area contributed by atoms with Crippen LogP contribution in [0, 0.1) is 13.8 Å². The molecule has 2 aromatic rings. The first-order valence-electron chi connectivity index (χ1n) is 6.16. The van der Waals surface area contributed by atoms with Gasteiger partial charge in [-0.15, -0.1) is 0 Å². The first kappa shape index (κ1) is 15.1. The first-order valence-corrected chi connectivity index (χ1v) is 7.94. The smallest absolute Gasteiger partial charge is 0.234 e. The number of aryl methyl sites for hydroxylation is 2. The van der Waals surface area contributed by atoms with Gasteiger partial charge in [-0.2, -0.15) is 0 Å². The molecule has 3 nitrogen and oxygen atoms in total. The monoisotopic (exact) mass is 350 g/mol. The SMILES string of the molecule is Cc1ccc(SCC(=O)Nc2ccc(Br)cc2C)nc1. The van der Waals surface area contributed by atoms with Crippen molar-refractivity contribution < 1.29 is 4.79 Å². The van der Waals surface area contributed by atoms with E-state index in [1.54, 1.807) is 6.20 Å². The molecule has 0 saturated heterocycles.